The third-order valence-corrected chi connectivity index (χ3v) is 6.01. The van der Waals surface area contributed by atoms with Crippen molar-refractivity contribution in [1.82, 2.24) is 15.1 Å². The van der Waals surface area contributed by atoms with E-state index in [1.807, 2.05) is 70.5 Å². The molecule has 29 heavy (non-hydrogen) atoms. The van der Waals surface area contributed by atoms with Gasteiger partial charge < -0.3 is 20.4 Å². The SMILES string of the molecule is O=C(Nc1ccccc1)N1CC[C@@H]2CCN(C(=O)NCc3ccccc3)[C@H]2CC1. The lowest BCUT2D eigenvalue weighted by Gasteiger charge is -2.27. The second-order valence-corrected chi connectivity index (χ2v) is 7.81. The number of nitrogens with zero attached hydrogens (tertiary/aromatic N) is 2. The molecule has 2 saturated heterocycles. The van der Waals surface area contributed by atoms with Gasteiger partial charge >= 0.3 is 12.1 Å². The number of likely N-dealkylation sites (tertiary alicyclic amines) is 2. The van der Waals surface area contributed by atoms with Crippen molar-refractivity contribution in [3.8, 4) is 0 Å². The lowest BCUT2D eigenvalue weighted by Crippen LogP contribution is -2.44. The standard InChI is InChI=1S/C23H28N4O2/c28-22(24-17-18-7-3-1-4-8-18)27-16-12-19-11-14-26(15-13-21(19)27)23(29)25-20-9-5-2-6-10-20/h1-10,19,21H,11-17H2,(H,24,28)(H,25,29)/t19-,21+/m1/s1. The molecule has 2 aromatic carbocycles. The fourth-order valence-electron chi connectivity index (χ4n) is 4.42. The van der Waals surface area contributed by atoms with E-state index >= 15 is 0 Å². The summed E-state index contributed by atoms with van der Waals surface area (Å²) >= 11 is 0. The fourth-order valence-corrected chi connectivity index (χ4v) is 4.42. The molecule has 6 nitrogen and oxygen atoms in total. The molecule has 0 radical (unpaired) electrons. The second kappa shape index (κ2) is 8.99. The molecular weight excluding hydrogens is 364 g/mol. The van der Waals surface area contributed by atoms with Gasteiger partial charge in [0.25, 0.3) is 0 Å². The van der Waals surface area contributed by atoms with Crippen molar-refractivity contribution in [2.24, 2.45) is 5.92 Å². The maximum Gasteiger partial charge on any atom is 0.321 e. The van der Waals surface area contributed by atoms with Gasteiger partial charge in [-0.15, -0.1) is 0 Å². The van der Waals surface area contributed by atoms with Crippen LogP contribution in [0.3, 0.4) is 0 Å². The largest absolute Gasteiger partial charge is 0.334 e. The van der Waals surface area contributed by atoms with Crippen LogP contribution in [0.2, 0.25) is 0 Å². The third-order valence-electron chi connectivity index (χ3n) is 6.01. The molecule has 4 rings (SSSR count). The highest BCUT2D eigenvalue weighted by Gasteiger charge is 2.39. The number of anilines is 1. The van der Waals surface area contributed by atoms with Crippen LogP contribution < -0.4 is 10.6 Å². The van der Waals surface area contributed by atoms with Crippen molar-refractivity contribution in [2.45, 2.75) is 31.8 Å². The second-order valence-electron chi connectivity index (χ2n) is 7.81. The van der Waals surface area contributed by atoms with Crippen LogP contribution in [0.15, 0.2) is 60.7 Å². The molecule has 0 spiro atoms. The first kappa shape index (κ1) is 19.3. The number of amides is 4. The summed E-state index contributed by atoms with van der Waals surface area (Å²) in [6.45, 7) is 2.74. The van der Waals surface area contributed by atoms with Gasteiger partial charge in [0.2, 0.25) is 0 Å². The molecule has 2 aliphatic heterocycles. The molecule has 2 N–H and O–H groups in total. The van der Waals surface area contributed by atoms with E-state index in [1.54, 1.807) is 0 Å². The minimum Gasteiger partial charge on any atom is -0.334 e. The Labute approximate surface area is 171 Å². The monoisotopic (exact) mass is 392 g/mol. The molecule has 0 aliphatic carbocycles. The van der Waals surface area contributed by atoms with E-state index in [1.165, 1.54) is 0 Å². The van der Waals surface area contributed by atoms with Gasteiger partial charge in [0, 0.05) is 37.9 Å². The van der Waals surface area contributed by atoms with Crippen LogP contribution >= 0.6 is 0 Å². The Kier molecular flexibility index (Phi) is 5.98. The van der Waals surface area contributed by atoms with Crippen LogP contribution in [0.4, 0.5) is 15.3 Å². The van der Waals surface area contributed by atoms with Crippen LogP contribution in [-0.4, -0.2) is 47.5 Å². The minimum absolute atomic E-state index is 0.00328. The minimum atomic E-state index is -0.0590. The smallest absolute Gasteiger partial charge is 0.321 e. The van der Waals surface area contributed by atoms with Crippen molar-refractivity contribution in [1.29, 1.82) is 0 Å². The van der Waals surface area contributed by atoms with E-state index in [4.69, 9.17) is 0 Å². The number of rotatable bonds is 3. The predicted octanol–water partition coefficient (Wildman–Crippen LogP) is 3.91. The van der Waals surface area contributed by atoms with Crippen molar-refractivity contribution in [3.05, 3.63) is 66.2 Å². The first-order valence-corrected chi connectivity index (χ1v) is 10.4. The summed E-state index contributed by atoms with van der Waals surface area (Å²) in [6, 6.07) is 19.7. The van der Waals surface area contributed by atoms with Gasteiger partial charge in [-0.3, -0.25) is 0 Å². The summed E-state index contributed by atoms with van der Waals surface area (Å²) in [7, 11) is 0. The summed E-state index contributed by atoms with van der Waals surface area (Å²) < 4.78 is 0. The molecule has 0 aromatic heterocycles. The van der Waals surface area contributed by atoms with Crippen LogP contribution in [0.1, 0.15) is 24.8 Å². The highest BCUT2D eigenvalue weighted by Crippen LogP contribution is 2.32. The summed E-state index contributed by atoms with van der Waals surface area (Å²) in [5.74, 6) is 0.465. The number of fused-ring (bicyclic) bond motifs is 1. The first-order valence-electron chi connectivity index (χ1n) is 10.4. The topological polar surface area (TPSA) is 64.7 Å². The number of para-hydroxylation sites is 1. The van der Waals surface area contributed by atoms with Crippen LogP contribution in [0.25, 0.3) is 0 Å². The summed E-state index contributed by atoms with van der Waals surface area (Å²) in [5.41, 5.74) is 1.91. The van der Waals surface area contributed by atoms with E-state index < -0.39 is 0 Å². The number of nitrogens with one attached hydrogen (secondary N) is 2. The van der Waals surface area contributed by atoms with Crippen molar-refractivity contribution in [3.63, 3.8) is 0 Å². The van der Waals surface area contributed by atoms with Crippen molar-refractivity contribution >= 4 is 17.7 Å². The zero-order chi connectivity index (χ0) is 20.1. The Morgan fingerprint density at radius 1 is 0.828 bits per heavy atom. The molecule has 6 heteroatoms. The van der Waals surface area contributed by atoms with Crippen molar-refractivity contribution < 1.29 is 9.59 Å². The maximum absolute atomic E-state index is 12.8. The molecule has 2 aliphatic rings. The number of carbonyl (C=O) groups is 2. The zero-order valence-corrected chi connectivity index (χ0v) is 16.6. The first-order chi connectivity index (χ1) is 14.2. The van der Waals surface area contributed by atoms with E-state index in [0.717, 1.165) is 43.6 Å². The van der Waals surface area contributed by atoms with Gasteiger partial charge in [0.1, 0.15) is 0 Å². The van der Waals surface area contributed by atoms with Crippen LogP contribution in [0, 0.1) is 5.92 Å². The van der Waals surface area contributed by atoms with Crippen LogP contribution in [-0.2, 0) is 6.54 Å². The molecular formula is C23H28N4O2. The Balaban J connectivity index is 1.32. The third kappa shape index (κ3) is 4.70. The number of urea groups is 2. The van der Waals surface area contributed by atoms with Gasteiger partial charge in [0.15, 0.2) is 0 Å². The summed E-state index contributed by atoms with van der Waals surface area (Å²) in [5, 5.41) is 6.03. The van der Waals surface area contributed by atoms with Crippen molar-refractivity contribution in [2.75, 3.05) is 25.0 Å². The molecule has 2 aromatic rings. The number of benzene rings is 2. The molecule has 2 fully saturated rings. The molecule has 2 atom stereocenters. The molecule has 0 bridgehead atoms. The van der Waals surface area contributed by atoms with Gasteiger partial charge in [-0.2, -0.15) is 0 Å². The maximum atomic E-state index is 12.8. The normalized spacial score (nSPS) is 21.2. The predicted molar refractivity (Wildman–Crippen MR) is 114 cm³/mol. The molecule has 0 unspecified atom stereocenters. The molecule has 152 valence electrons. The lowest BCUT2D eigenvalue weighted by molar-refractivity contribution is 0.181. The van der Waals surface area contributed by atoms with Gasteiger partial charge in [-0.25, -0.2) is 9.59 Å². The van der Waals surface area contributed by atoms with Crippen LogP contribution in [0.5, 0.6) is 0 Å². The van der Waals surface area contributed by atoms with Gasteiger partial charge in [-0.1, -0.05) is 48.5 Å². The quantitative estimate of drug-likeness (QED) is 0.832. The molecule has 0 saturated carbocycles. The molecule has 4 amide bonds. The average molecular weight is 393 g/mol. The Bertz CT molecular complexity index is 827. The van der Waals surface area contributed by atoms with E-state index in [-0.39, 0.29) is 18.1 Å². The summed E-state index contributed by atoms with van der Waals surface area (Å²) in [4.78, 5) is 29.3. The van der Waals surface area contributed by atoms with E-state index in [9.17, 15) is 9.59 Å². The van der Waals surface area contributed by atoms with Gasteiger partial charge in [-0.05, 0) is 42.9 Å². The Morgan fingerprint density at radius 3 is 2.24 bits per heavy atom. The summed E-state index contributed by atoms with van der Waals surface area (Å²) in [6.07, 6.45) is 2.78. The van der Waals surface area contributed by atoms with Gasteiger partial charge in [0.05, 0.1) is 0 Å². The highest BCUT2D eigenvalue weighted by atomic mass is 16.2. The number of hydrogen-bond acceptors (Lipinski definition) is 2. The zero-order valence-electron chi connectivity index (χ0n) is 16.6. The average Bonchev–Trinajstić information content (AvgIpc) is 3.04. The number of carbonyl (C=O) groups excluding carboxylic acids is 2. The Hall–Kier alpha value is -3.02. The van der Waals surface area contributed by atoms with E-state index in [0.29, 0.717) is 19.0 Å². The number of hydrogen-bond donors (Lipinski definition) is 2. The Morgan fingerprint density at radius 2 is 1.48 bits per heavy atom. The molecule has 2 heterocycles. The van der Waals surface area contributed by atoms with E-state index in [2.05, 4.69) is 10.6 Å². The fraction of sp³-hybridized carbons (Fsp3) is 0.391. The lowest BCUT2D eigenvalue weighted by atomic mass is 9.96. The highest BCUT2D eigenvalue weighted by molar-refractivity contribution is 5.89.